The first kappa shape index (κ1) is 11.7. The van der Waals surface area contributed by atoms with Gasteiger partial charge in [-0.15, -0.1) is 21.5 Å². The lowest BCUT2D eigenvalue weighted by molar-refractivity contribution is 0.103. The number of rotatable bonds is 2. The summed E-state index contributed by atoms with van der Waals surface area (Å²) in [7, 11) is 0. The lowest BCUT2D eigenvalue weighted by Crippen LogP contribution is -2.09. The van der Waals surface area contributed by atoms with Crippen molar-refractivity contribution in [2.24, 2.45) is 5.73 Å². The van der Waals surface area contributed by atoms with Crippen LogP contribution in [-0.4, -0.2) is 22.6 Å². The zero-order valence-corrected chi connectivity index (χ0v) is 10.3. The fraction of sp³-hybridized carbons (Fsp3) is 0.100. The molecule has 2 heterocycles. The Labute approximate surface area is 106 Å². The molecule has 0 atom stereocenters. The van der Waals surface area contributed by atoms with E-state index >= 15 is 0 Å². The average molecular weight is 264 g/mol. The van der Waals surface area contributed by atoms with Crippen molar-refractivity contribution >= 4 is 33.7 Å². The first-order chi connectivity index (χ1) is 8.29. The molecule has 0 aliphatic heterocycles. The van der Waals surface area contributed by atoms with E-state index in [4.69, 9.17) is 5.73 Å². The summed E-state index contributed by atoms with van der Waals surface area (Å²) in [4.78, 5) is 13.2. The predicted molar refractivity (Wildman–Crippen MR) is 68.1 cm³/mol. The molecule has 2 aromatic rings. The maximum Gasteiger partial charge on any atom is 0.267 e. The number of nitrogens with one attached hydrogen (secondary N) is 1. The van der Waals surface area contributed by atoms with Gasteiger partial charge in [0.15, 0.2) is 0 Å². The van der Waals surface area contributed by atoms with Crippen LogP contribution in [-0.2, 0) is 0 Å². The van der Waals surface area contributed by atoms with E-state index in [9.17, 15) is 4.79 Å². The van der Waals surface area contributed by atoms with Crippen molar-refractivity contribution in [3.05, 3.63) is 27.4 Å². The molecule has 2 rings (SSSR count). The highest BCUT2D eigenvalue weighted by molar-refractivity contribution is 7.15. The van der Waals surface area contributed by atoms with Crippen LogP contribution in [0, 0.1) is 11.8 Å². The van der Waals surface area contributed by atoms with Crippen molar-refractivity contribution < 1.29 is 4.79 Å². The predicted octanol–water partition coefficient (Wildman–Crippen LogP) is 1.16. The minimum Gasteiger partial charge on any atom is -0.320 e. The van der Waals surface area contributed by atoms with Crippen LogP contribution in [0.4, 0.5) is 5.13 Å². The molecule has 5 nitrogen and oxygen atoms in total. The molecular weight excluding hydrogens is 256 g/mol. The van der Waals surface area contributed by atoms with Crippen molar-refractivity contribution in [2.45, 2.75) is 0 Å². The van der Waals surface area contributed by atoms with E-state index in [0.717, 1.165) is 4.88 Å². The molecule has 0 unspecified atom stereocenters. The summed E-state index contributed by atoms with van der Waals surface area (Å²) in [6, 6.07) is 3.52. The fourth-order valence-electron chi connectivity index (χ4n) is 1.05. The van der Waals surface area contributed by atoms with E-state index in [0.29, 0.717) is 16.6 Å². The Morgan fingerprint density at radius 3 is 3.12 bits per heavy atom. The van der Waals surface area contributed by atoms with Gasteiger partial charge in [0.05, 0.1) is 16.3 Å². The highest BCUT2D eigenvalue weighted by Crippen LogP contribution is 2.17. The largest absolute Gasteiger partial charge is 0.320 e. The van der Waals surface area contributed by atoms with Gasteiger partial charge in [-0.05, 0) is 12.1 Å². The van der Waals surface area contributed by atoms with Gasteiger partial charge >= 0.3 is 0 Å². The number of hydrogen-bond acceptors (Lipinski definition) is 6. The van der Waals surface area contributed by atoms with E-state index in [1.165, 1.54) is 22.7 Å². The number of anilines is 1. The zero-order valence-electron chi connectivity index (χ0n) is 8.64. The number of amides is 1. The van der Waals surface area contributed by atoms with Crippen molar-refractivity contribution in [1.82, 2.24) is 10.2 Å². The van der Waals surface area contributed by atoms with Gasteiger partial charge in [0, 0.05) is 0 Å². The third-order valence-electron chi connectivity index (χ3n) is 1.72. The van der Waals surface area contributed by atoms with Gasteiger partial charge in [0.2, 0.25) is 5.13 Å². The molecule has 0 aliphatic rings. The second-order valence-corrected chi connectivity index (χ2v) is 4.78. The molecule has 1 amide bonds. The van der Waals surface area contributed by atoms with Crippen LogP contribution in [0.1, 0.15) is 14.5 Å². The Bertz CT molecular complexity index is 565. The second-order valence-electron chi connectivity index (χ2n) is 2.87. The Kier molecular flexibility index (Phi) is 3.82. The Morgan fingerprint density at radius 2 is 2.41 bits per heavy atom. The molecule has 3 N–H and O–H groups in total. The van der Waals surface area contributed by atoms with Crippen LogP contribution < -0.4 is 11.1 Å². The van der Waals surface area contributed by atoms with Gasteiger partial charge < -0.3 is 5.73 Å². The van der Waals surface area contributed by atoms with Gasteiger partial charge in [0.1, 0.15) is 5.51 Å². The third kappa shape index (κ3) is 3.10. The van der Waals surface area contributed by atoms with E-state index < -0.39 is 0 Å². The highest BCUT2D eigenvalue weighted by atomic mass is 32.1. The summed E-state index contributed by atoms with van der Waals surface area (Å²) in [5.74, 6) is 5.41. The van der Waals surface area contributed by atoms with Crippen molar-refractivity contribution in [2.75, 3.05) is 11.9 Å². The van der Waals surface area contributed by atoms with Crippen molar-refractivity contribution in [3.8, 4) is 11.8 Å². The molecule has 2 aromatic heterocycles. The summed E-state index contributed by atoms with van der Waals surface area (Å²) in [6.45, 7) is 0.310. The van der Waals surface area contributed by atoms with Crippen LogP contribution in [0.15, 0.2) is 17.6 Å². The molecule has 0 bridgehead atoms. The number of aromatic nitrogens is 2. The second kappa shape index (κ2) is 5.54. The zero-order chi connectivity index (χ0) is 12.1. The maximum absolute atomic E-state index is 11.8. The van der Waals surface area contributed by atoms with Crippen molar-refractivity contribution in [1.29, 1.82) is 0 Å². The molecule has 0 radical (unpaired) electrons. The van der Waals surface area contributed by atoms with Gasteiger partial charge in [0.25, 0.3) is 5.91 Å². The minimum atomic E-state index is -0.201. The van der Waals surface area contributed by atoms with Crippen LogP contribution in [0.25, 0.3) is 0 Å². The van der Waals surface area contributed by atoms with Gasteiger partial charge in [-0.3, -0.25) is 10.1 Å². The van der Waals surface area contributed by atoms with Gasteiger partial charge in [-0.1, -0.05) is 23.2 Å². The Balaban J connectivity index is 2.07. The van der Waals surface area contributed by atoms with E-state index in [1.807, 2.05) is 0 Å². The number of hydrogen-bond donors (Lipinski definition) is 2. The molecule has 0 fully saturated rings. The Morgan fingerprint density at radius 1 is 1.53 bits per heavy atom. The number of thiophene rings is 1. The molecular formula is C10H8N4OS2. The summed E-state index contributed by atoms with van der Waals surface area (Å²) < 4.78 is 0. The lowest BCUT2D eigenvalue weighted by Gasteiger charge is -1.95. The minimum absolute atomic E-state index is 0.201. The highest BCUT2D eigenvalue weighted by Gasteiger charge is 2.10. The van der Waals surface area contributed by atoms with Crippen LogP contribution >= 0.6 is 22.7 Å². The number of carbonyl (C=O) groups is 1. The molecule has 0 saturated carbocycles. The molecule has 0 saturated heterocycles. The molecule has 0 spiro atoms. The molecule has 17 heavy (non-hydrogen) atoms. The number of carbonyl (C=O) groups excluding carboxylic acids is 1. The molecule has 86 valence electrons. The summed E-state index contributed by atoms with van der Waals surface area (Å²) in [6.07, 6.45) is 0. The summed E-state index contributed by atoms with van der Waals surface area (Å²) in [5.41, 5.74) is 6.83. The summed E-state index contributed by atoms with van der Waals surface area (Å²) >= 11 is 2.59. The van der Waals surface area contributed by atoms with Crippen molar-refractivity contribution in [3.63, 3.8) is 0 Å². The SMILES string of the molecule is NCC#Cc1ccc(C(=O)Nc2nncs2)s1. The molecule has 7 heteroatoms. The molecule has 0 aliphatic carbocycles. The third-order valence-corrected chi connectivity index (χ3v) is 3.33. The Hall–Kier alpha value is -1.75. The molecule has 0 aromatic carbocycles. The monoisotopic (exact) mass is 264 g/mol. The standard InChI is InChI=1S/C10H8N4OS2/c11-5-1-2-7-3-4-8(17-7)9(15)13-10-14-12-6-16-10/h3-4,6H,5,11H2,(H,13,14,15). The summed E-state index contributed by atoms with van der Waals surface area (Å²) in [5, 5.41) is 10.5. The van der Waals surface area contributed by atoms with Gasteiger partial charge in [-0.2, -0.15) is 0 Å². The first-order valence-corrected chi connectivity index (χ1v) is 6.35. The topological polar surface area (TPSA) is 80.9 Å². The fourth-order valence-corrected chi connectivity index (χ4v) is 2.27. The lowest BCUT2D eigenvalue weighted by atomic mass is 10.4. The maximum atomic E-state index is 11.8. The van der Waals surface area contributed by atoms with E-state index in [1.54, 1.807) is 17.6 Å². The van der Waals surface area contributed by atoms with E-state index in [2.05, 4.69) is 27.4 Å². The van der Waals surface area contributed by atoms with Crippen LogP contribution in [0.3, 0.4) is 0 Å². The van der Waals surface area contributed by atoms with Gasteiger partial charge in [-0.25, -0.2) is 0 Å². The number of nitrogens with two attached hydrogens (primary N) is 1. The smallest absolute Gasteiger partial charge is 0.267 e. The normalized spacial score (nSPS) is 9.47. The van der Waals surface area contributed by atoms with E-state index in [-0.39, 0.29) is 5.91 Å². The quantitative estimate of drug-likeness (QED) is 0.798. The number of nitrogens with zero attached hydrogens (tertiary/aromatic N) is 2. The first-order valence-electron chi connectivity index (χ1n) is 4.66. The van der Waals surface area contributed by atoms with Crippen LogP contribution in [0.5, 0.6) is 0 Å². The average Bonchev–Trinajstić information content (AvgIpc) is 2.96. The van der Waals surface area contributed by atoms with Crippen LogP contribution in [0.2, 0.25) is 0 Å².